The summed E-state index contributed by atoms with van der Waals surface area (Å²) in [4.78, 5) is 23.2. The van der Waals surface area contributed by atoms with Gasteiger partial charge in [0.05, 0.1) is 18.4 Å². The van der Waals surface area contributed by atoms with Gasteiger partial charge in [-0.25, -0.2) is 9.18 Å². The first-order valence-corrected chi connectivity index (χ1v) is 6.48. The number of hydrogen-bond donors (Lipinski definition) is 2. The van der Waals surface area contributed by atoms with Crippen molar-refractivity contribution in [3.63, 3.8) is 0 Å². The number of nitrogens with one attached hydrogen (secondary N) is 2. The lowest BCUT2D eigenvalue weighted by Gasteiger charge is -2.10. The van der Waals surface area contributed by atoms with Crippen LogP contribution in [0.3, 0.4) is 0 Å². The first-order chi connectivity index (χ1) is 9.60. The minimum absolute atomic E-state index is 0.00357. The number of benzene rings is 1. The zero-order valence-corrected chi connectivity index (χ0v) is 11.2. The molecule has 2 rings (SSSR count). The predicted molar refractivity (Wildman–Crippen MR) is 72.0 cm³/mol. The van der Waals surface area contributed by atoms with Crippen molar-refractivity contribution in [2.24, 2.45) is 5.92 Å². The minimum Gasteiger partial charge on any atom is -0.465 e. The Bertz CT molecular complexity index is 513. The van der Waals surface area contributed by atoms with Gasteiger partial charge in [0.1, 0.15) is 5.82 Å². The van der Waals surface area contributed by atoms with Gasteiger partial charge >= 0.3 is 5.97 Å². The van der Waals surface area contributed by atoms with Crippen molar-refractivity contribution in [3.05, 3.63) is 29.6 Å². The van der Waals surface area contributed by atoms with Crippen LogP contribution in [0.5, 0.6) is 0 Å². The molecule has 1 amide bonds. The van der Waals surface area contributed by atoms with Crippen LogP contribution in [0.15, 0.2) is 18.2 Å². The molecule has 0 aromatic heterocycles. The Morgan fingerprint density at radius 1 is 1.50 bits per heavy atom. The van der Waals surface area contributed by atoms with Crippen LogP contribution in [0, 0.1) is 11.7 Å². The molecule has 5 nitrogen and oxygen atoms in total. The number of ether oxygens (including phenoxy) is 1. The Balaban J connectivity index is 2.03. The average molecular weight is 280 g/mol. The summed E-state index contributed by atoms with van der Waals surface area (Å²) in [6, 6.07) is 3.74. The Hall–Kier alpha value is -1.95. The molecule has 1 heterocycles. The summed E-state index contributed by atoms with van der Waals surface area (Å²) in [6.45, 7) is 1.71. The summed E-state index contributed by atoms with van der Waals surface area (Å²) in [5.74, 6) is -1.11. The fourth-order valence-corrected chi connectivity index (χ4v) is 2.22. The van der Waals surface area contributed by atoms with Gasteiger partial charge in [-0.3, -0.25) is 4.79 Å². The van der Waals surface area contributed by atoms with E-state index in [0.717, 1.165) is 25.6 Å². The second-order valence-electron chi connectivity index (χ2n) is 4.80. The van der Waals surface area contributed by atoms with Gasteiger partial charge in [0, 0.05) is 6.42 Å². The smallest absolute Gasteiger partial charge is 0.337 e. The van der Waals surface area contributed by atoms with E-state index in [4.69, 9.17) is 0 Å². The number of carbonyl (C=O) groups excluding carboxylic acids is 2. The second-order valence-corrected chi connectivity index (χ2v) is 4.80. The van der Waals surface area contributed by atoms with Crippen LogP contribution in [0.2, 0.25) is 0 Å². The zero-order valence-electron chi connectivity index (χ0n) is 11.2. The largest absolute Gasteiger partial charge is 0.465 e. The van der Waals surface area contributed by atoms with Gasteiger partial charge in [-0.05, 0) is 43.6 Å². The molecule has 0 bridgehead atoms. The summed E-state index contributed by atoms with van der Waals surface area (Å²) in [7, 11) is 1.25. The van der Waals surface area contributed by atoms with Crippen LogP contribution in [-0.2, 0) is 9.53 Å². The topological polar surface area (TPSA) is 67.4 Å². The Morgan fingerprint density at radius 3 is 2.95 bits per heavy atom. The number of anilines is 1. The maximum atomic E-state index is 13.6. The predicted octanol–water partition coefficient (Wildman–Crippen LogP) is 1.55. The maximum absolute atomic E-state index is 13.6. The molecule has 1 fully saturated rings. The first kappa shape index (κ1) is 14.5. The van der Waals surface area contributed by atoms with E-state index in [0.29, 0.717) is 6.42 Å². The molecule has 1 saturated heterocycles. The Labute approximate surface area is 116 Å². The highest BCUT2D eigenvalue weighted by Crippen LogP contribution is 2.19. The number of hydrogen-bond acceptors (Lipinski definition) is 4. The lowest BCUT2D eigenvalue weighted by molar-refractivity contribution is -0.117. The fourth-order valence-electron chi connectivity index (χ4n) is 2.22. The summed E-state index contributed by atoms with van der Waals surface area (Å²) in [5.41, 5.74) is 0.204. The van der Waals surface area contributed by atoms with Gasteiger partial charge < -0.3 is 15.4 Å². The number of carbonyl (C=O) groups is 2. The van der Waals surface area contributed by atoms with Crippen LogP contribution < -0.4 is 10.6 Å². The molecule has 1 aromatic rings. The highest BCUT2D eigenvalue weighted by Gasteiger charge is 2.19. The van der Waals surface area contributed by atoms with Gasteiger partial charge in [0.25, 0.3) is 0 Å². The third-order valence-electron chi connectivity index (χ3n) is 3.30. The van der Waals surface area contributed by atoms with Crippen molar-refractivity contribution < 1.29 is 18.7 Å². The molecule has 0 saturated carbocycles. The van der Waals surface area contributed by atoms with Crippen LogP contribution in [-0.4, -0.2) is 32.1 Å². The third kappa shape index (κ3) is 3.54. The molecular weight excluding hydrogens is 263 g/mol. The lowest BCUT2D eigenvalue weighted by atomic mass is 10.0. The van der Waals surface area contributed by atoms with E-state index in [1.807, 2.05) is 0 Å². The molecular formula is C14H17FN2O3. The number of rotatable bonds is 4. The quantitative estimate of drug-likeness (QED) is 0.821. The van der Waals surface area contributed by atoms with Gasteiger partial charge in [0.2, 0.25) is 5.91 Å². The second kappa shape index (κ2) is 6.47. The van der Waals surface area contributed by atoms with E-state index in [-0.39, 0.29) is 23.1 Å². The van der Waals surface area contributed by atoms with Crippen LogP contribution in [0.4, 0.5) is 10.1 Å². The molecule has 1 unspecified atom stereocenters. The van der Waals surface area contributed by atoms with Gasteiger partial charge in [-0.2, -0.15) is 0 Å². The molecule has 0 radical (unpaired) electrons. The van der Waals surface area contributed by atoms with Crippen molar-refractivity contribution in [1.29, 1.82) is 0 Å². The first-order valence-electron chi connectivity index (χ1n) is 6.48. The van der Waals surface area contributed by atoms with E-state index < -0.39 is 11.8 Å². The van der Waals surface area contributed by atoms with Gasteiger partial charge in [-0.15, -0.1) is 0 Å². The maximum Gasteiger partial charge on any atom is 0.337 e. The van der Waals surface area contributed by atoms with Gasteiger partial charge in [0.15, 0.2) is 0 Å². The molecule has 1 atom stereocenters. The van der Waals surface area contributed by atoms with Crippen molar-refractivity contribution in [1.82, 2.24) is 5.32 Å². The molecule has 1 aliphatic rings. The van der Waals surface area contributed by atoms with E-state index >= 15 is 0 Å². The van der Waals surface area contributed by atoms with E-state index in [1.165, 1.54) is 19.2 Å². The number of halogens is 1. The average Bonchev–Trinajstić information content (AvgIpc) is 2.93. The number of amides is 1. The van der Waals surface area contributed by atoms with E-state index in [1.54, 1.807) is 0 Å². The van der Waals surface area contributed by atoms with Crippen molar-refractivity contribution in [2.45, 2.75) is 12.8 Å². The third-order valence-corrected chi connectivity index (χ3v) is 3.30. The fraction of sp³-hybridized carbons (Fsp3) is 0.429. The van der Waals surface area contributed by atoms with Crippen molar-refractivity contribution >= 4 is 17.6 Å². The molecule has 6 heteroatoms. The van der Waals surface area contributed by atoms with Crippen molar-refractivity contribution in [3.8, 4) is 0 Å². The molecule has 1 aliphatic heterocycles. The standard InChI is InChI=1S/C14H17FN2O3/c1-20-14(19)10-2-3-11(15)12(7-10)17-13(18)6-9-4-5-16-8-9/h2-3,7,9,16H,4-6,8H2,1H3,(H,17,18). The molecule has 20 heavy (non-hydrogen) atoms. The molecule has 0 spiro atoms. The summed E-state index contributed by atoms with van der Waals surface area (Å²) >= 11 is 0. The minimum atomic E-state index is -0.574. The molecule has 1 aromatic carbocycles. The number of esters is 1. The summed E-state index contributed by atoms with van der Waals surface area (Å²) in [5, 5.41) is 5.68. The molecule has 0 aliphatic carbocycles. The van der Waals surface area contributed by atoms with Gasteiger partial charge in [-0.1, -0.05) is 0 Å². The monoisotopic (exact) mass is 280 g/mol. The highest BCUT2D eigenvalue weighted by atomic mass is 19.1. The Morgan fingerprint density at radius 2 is 2.30 bits per heavy atom. The highest BCUT2D eigenvalue weighted by molar-refractivity contribution is 5.94. The lowest BCUT2D eigenvalue weighted by Crippen LogP contribution is -2.19. The summed E-state index contributed by atoms with van der Waals surface area (Å²) < 4.78 is 18.2. The summed E-state index contributed by atoms with van der Waals surface area (Å²) in [6.07, 6.45) is 1.28. The zero-order chi connectivity index (χ0) is 14.5. The number of methoxy groups -OCH3 is 1. The Kier molecular flexibility index (Phi) is 4.68. The van der Waals surface area contributed by atoms with Crippen molar-refractivity contribution in [2.75, 3.05) is 25.5 Å². The SMILES string of the molecule is COC(=O)c1ccc(F)c(NC(=O)CC2CCNC2)c1. The molecule has 108 valence electrons. The normalized spacial score (nSPS) is 17.8. The van der Waals surface area contributed by atoms with E-state index in [2.05, 4.69) is 15.4 Å². The molecule has 2 N–H and O–H groups in total. The van der Waals surface area contributed by atoms with Crippen LogP contribution >= 0.6 is 0 Å². The van der Waals surface area contributed by atoms with Crippen LogP contribution in [0.1, 0.15) is 23.2 Å². The van der Waals surface area contributed by atoms with E-state index in [9.17, 15) is 14.0 Å². The van der Waals surface area contributed by atoms with Crippen LogP contribution in [0.25, 0.3) is 0 Å².